The maximum Gasteiger partial charge on any atom is 0.186 e. The van der Waals surface area contributed by atoms with Gasteiger partial charge in [-0.15, -0.1) is 10.2 Å². The molecule has 1 N–H and O–H groups in total. The van der Waals surface area contributed by atoms with Crippen LogP contribution >= 0.6 is 27.5 Å². The summed E-state index contributed by atoms with van der Waals surface area (Å²) >= 11 is 9.59. The molecule has 0 saturated carbocycles. The van der Waals surface area contributed by atoms with E-state index in [4.69, 9.17) is 11.6 Å². The number of fused-ring (bicyclic) bond motifs is 1. The molecule has 2 aromatic rings. The Hall–Kier alpha value is -1.38. The summed E-state index contributed by atoms with van der Waals surface area (Å²) in [5.41, 5.74) is 1.62. The van der Waals surface area contributed by atoms with E-state index in [1.54, 1.807) is 6.07 Å². The van der Waals surface area contributed by atoms with Gasteiger partial charge in [-0.1, -0.05) is 48.3 Å². The molecule has 0 saturated heterocycles. The lowest BCUT2D eigenvalue weighted by atomic mass is 9.96. The molecule has 104 valence electrons. The molecule has 1 aromatic carbocycles. The molecule has 20 heavy (non-hydrogen) atoms. The fraction of sp³-hybridized carbons (Fsp3) is 0.357. The molecule has 1 heterocycles. The van der Waals surface area contributed by atoms with Crippen molar-refractivity contribution in [3.8, 4) is 6.07 Å². The zero-order valence-corrected chi connectivity index (χ0v) is 13.8. The van der Waals surface area contributed by atoms with Crippen LogP contribution in [-0.4, -0.2) is 16.7 Å². The van der Waals surface area contributed by atoms with Crippen molar-refractivity contribution in [1.29, 1.82) is 5.26 Å². The molecule has 0 atom stereocenters. The van der Waals surface area contributed by atoms with Crippen LogP contribution in [0.5, 0.6) is 0 Å². The highest BCUT2D eigenvalue weighted by Crippen LogP contribution is 2.32. The highest BCUT2D eigenvalue weighted by molar-refractivity contribution is 9.10. The number of aromatic nitrogens is 2. The van der Waals surface area contributed by atoms with Crippen molar-refractivity contribution in [2.45, 2.75) is 20.8 Å². The first-order valence-corrected chi connectivity index (χ1v) is 7.28. The van der Waals surface area contributed by atoms with Crippen molar-refractivity contribution >= 4 is 44.1 Å². The predicted octanol–water partition coefficient (Wildman–Crippen LogP) is 4.38. The first-order chi connectivity index (χ1) is 9.31. The molecule has 2 rings (SSSR count). The molecule has 0 radical (unpaired) electrons. The van der Waals surface area contributed by atoms with E-state index in [1.165, 1.54) is 0 Å². The monoisotopic (exact) mass is 352 g/mol. The molecule has 4 nitrogen and oxygen atoms in total. The second-order valence-corrected chi connectivity index (χ2v) is 7.06. The summed E-state index contributed by atoms with van der Waals surface area (Å²) < 4.78 is 0.839. The smallest absolute Gasteiger partial charge is 0.186 e. The van der Waals surface area contributed by atoms with Gasteiger partial charge in [0.15, 0.2) is 5.69 Å². The van der Waals surface area contributed by atoms with E-state index in [0.717, 1.165) is 9.86 Å². The van der Waals surface area contributed by atoms with Crippen molar-refractivity contribution < 1.29 is 0 Å². The van der Waals surface area contributed by atoms with Crippen molar-refractivity contribution in [1.82, 2.24) is 10.2 Å². The Bertz CT molecular complexity index is 701. The summed E-state index contributed by atoms with van der Waals surface area (Å²) in [6.07, 6.45) is 0. The Kier molecular flexibility index (Phi) is 4.17. The van der Waals surface area contributed by atoms with E-state index in [2.05, 4.69) is 58.3 Å². The van der Waals surface area contributed by atoms with E-state index < -0.39 is 0 Å². The summed E-state index contributed by atoms with van der Waals surface area (Å²) in [7, 11) is 0. The molecule has 0 amide bonds. The highest BCUT2D eigenvalue weighted by atomic mass is 79.9. The Labute approximate surface area is 131 Å². The first kappa shape index (κ1) is 15.0. The lowest BCUT2D eigenvalue weighted by molar-refractivity contribution is 0.443. The number of halogens is 2. The van der Waals surface area contributed by atoms with Gasteiger partial charge in [0.25, 0.3) is 0 Å². The van der Waals surface area contributed by atoms with E-state index in [0.29, 0.717) is 22.8 Å². The highest BCUT2D eigenvalue weighted by Gasteiger charge is 2.16. The molecule has 0 aliphatic carbocycles. The molecule has 1 aromatic heterocycles. The van der Waals surface area contributed by atoms with Crippen LogP contribution in [0.4, 0.5) is 5.69 Å². The molecular formula is C14H14BrClN4. The molecule has 0 aliphatic heterocycles. The van der Waals surface area contributed by atoms with Gasteiger partial charge < -0.3 is 5.32 Å². The molecule has 0 bridgehead atoms. The lowest BCUT2D eigenvalue weighted by Gasteiger charge is -2.20. The maximum absolute atomic E-state index is 9.21. The summed E-state index contributed by atoms with van der Waals surface area (Å²) in [4.78, 5) is 0. The lowest BCUT2D eigenvalue weighted by Crippen LogP contribution is -2.20. The number of rotatable bonds is 2. The van der Waals surface area contributed by atoms with Crippen LogP contribution in [-0.2, 0) is 0 Å². The van der Waals surface area contributed by atoms with Gasteiger partial charge in [-0.25, -0.2) is 0 Å². The number of nitrogens with zero attached hydrogens (tertiary/aromatic N) is 3. The number of benzene rings is 1. The number of nitriles is 1. The second-order valence-electron chi connectivity index (χ2n) is 5.73. The number of anilines is 1. The van der Waals surface area contributed by atoms with Crippen molar-refractivity contribution in [2.24, 2.45) is 5.41 Å². The molecule has 0 fully saturated rings. The number of nitrogens with one attached hydrogen (secondary N) is 1. The topological polar surface area (TPSA) is 61.6 Å². The molecule has 0 spiro atoms. The van der Waals surface area contributed by atoms with E-state index in [-0.39, 0.29) is 11.1 Å². The van der Waals surface area contributed by atoms with Crippen LogP contribution in [0.3, 0.4) is 0 Å². The summed E-state index contributed by atoms with van der Waals surface area (Å²) in [6, 6.07) is 5.72. The molecule has 0 aliphatic rings. The minimum Gasteiger partial charge on any atom is -0.382 e. The number of hydrogen-bond donors (Lipinski definition) is 1. The second kappa shape index (κ2) is 5.55. The largest absolute Gasteiger partial charge is 0.382 e. The van der Waals surface area contributed by atoms with Gasteiger partial charge in [0.2, 0.25) is 0 Å². The molecule has 6 heteroatoms. The summed E-state index contributed by atoms with van der Waals surface area (Å²) in [5, 5.41) is 21.8. The van der Waals surface area contributed by atoms with E-state index in [9.17, 15) is 5.26 Å². The minimum absolute atomic E-state index is 0.0815. The standard InChI is InChI=1S/C14H14BrClN4/c1-14(2,3)7-18-13-9-4-8(15)5-10(16)12(9)20-19-11(13)6-17/h4-5H,7H2,1-3H3,(H,18,20). The van der Waals surface area contributed by atoms with Gasteiger partial charge in [0, 0.05) is 16.4 Å². The quantitative estimate of drug-likeness (QED) is 0.870. The Morgan fingerprint density at radius 2 is 2.05 bits per heavy atom. The van der Waals surface area contributed by atoms with E-state index >= 15 is 0 Å². The number of hydrogen-bond acceptors (Lipinski definition) is 4. The third-order valence-electron chi connectivity index (χ3n) is 2.69. The minimum atomic E-state index is 0.0815. The average molecular weight is 354 g/mol. The van der Waals surface area contributed by atoms with Gasteiger partial charge in [-0.3, -0.25) is 0 Å². The predicted molar refractivity (Wildman–Crippen MR) is 84.9 cm³/mol. The van der Waals surface area contributed by atoms with Crippen molar-refractivity contribution in [3.63, 3.8) is 0 Å². The van der Waals surface area contributed by atoms with Gasteiger partial charge in [0.1, 0.15) is 11.6 Å². The average Bonchev–Trinajstić information content (AvgIpc) is 2.34. The third kappa shape index (κ3) is 3.20. The fourth-order valence-electron chi connectivity index (χ4n) is 1.75. The summed E-state index contributed by atoms with van der Waals surface area (Å²) in [5.74, 6) is 0. The zero-order chi connectivity index (χ0) is 14.9. The van der Waals surface area contributed by atoms with Crippen LogP contribution in [0.15, 0.2) is 16.6 Å². The van der Waals surface area contributed by atoms with Gasteiger partial charge in [-0.2, -0.15) is 5.26 Å². The van der Waals surface area contributed by atoms with Crippen molar-refractivity contribution in [2.75, 3.05) is 11.9 Å². The third-order valence-corrected chi connectivity index (χ3v) is 3.43. The van der Waals surface area contributed by atoms with Crippen LogP contribution < -0.4 is 5.32 Å². The van der Waals surface area contributed by atoms with Crippen LogP contribution in [0.1, 0.15) is 26.5 Å². The SMILES string of the molecule is CC(C)(C)CNc1c(C#N)nnc2c(Cl)cc(Br)cc12. The van der Waals surface area contributed by atoms with Gasteiger partial charge in [0.05, 0.1) is 10.7 Å². The van der Waals surface area contributed by atoms with Crippen LogP contribution in [0, 0.1) is 16.7 Å². The Morgan fingerprint density at radius 1 is 1.35 bits per heavy atom. The maximum atomic E-state index is 9.21. The zero-order valence-electron chi connectivity index (χ0n) is 11.5. The van der Waals surface area contributed by atoms with Crippen LogP contribution in [0.2, 0.25) is 5.02 Å². The van der Waals surface area contributed by atoms with Gasteiger partial charge >= 0.3 is 0 Å². The summed E-state index contributed by atoms with van der Waals surface area (Å²) in [6.45, 7) is 7.07. The van der Waals surface area contributed by atoms with Gasteiger partial charge in [-0.05, 0) is 17.5 Å². The molecular weight excluding hydrogens is 340 g/mol. The fourth-order valence-corrected chi connectivity index (χ4v) is 2.59. The van der Waals surface area contributed by atoms with Crippen molar-refractivity contribution in [3.05, 3.63) is 27.3 Å². The van der Waals surface area contributed by atoms with E-state index in [1.807, 2.05) is 6.07 Å². The normalized spacial score (nSPS) is 11.4. The Balaban J connectivity index is 2.62. The Morgan fingerprint density at radius 3 is 2.65 bits per heavy atom. The van der Waals surface area contributed by atoms with Crippen LogP contribution in [0.25, 0.3) is 10.9 Å². The molecule has 0 unspecified atom stereocenters. The first-order valence-electron chi connectivity index (χ1n) is 6.11.